The third kappa shape index (κ3) is 3.23. The van der Waals surface area contributed by atoms with Gasteiger partial charge in [-0.15, -0.1) is 0 Å². The van der Waals surface area contributed by atoms with Crippen LogP contribution in [0.3, 0.4) is 0 Å². The maximum Gasteiger partial charge on any atom is 0.371 e. The maximum absolute atomic E-state index is 10.8. The SMILES string of the molecule is Cc1cc(COc2ccc(-c3ccc(C(=O)O)o3)nc2)n(C)n1. The summed E-state index contributed by atoms with van der Waals surface area (Å²) in [6.45, 7) is 2.32. The van der Waals surface area contributed by atoms with Crippen molar-refractivity contribution in [2.45, 2.75) is 13.5 Å². The number of hydrogen-bond acceptors (Lipinski definition) is 5. The predicted molar refractivity (Wildman–Crippen MR) is 81.2 cm³/mol. The molecular weight excluding hydrogens is 298 g/mol. The number of carboxylic acids is 1. The first kappa shape index (κ1) is 14.8. The molecule has 0 bridgehead atoms. The van der Waals surface area contributed by atoms with Crippen molar-refractivity contribution in [1.82, 2.24) is 14.8 Å². The molecule has 1 N–H and O–H groups in total. The Morgan fingerprint density at radius 2 is 2.17 bits per heavy atom. The van der Waals surface area contributed by atoms with Gasteiger partial charge in [-0.3, -0.25) is 4.68 Å². The van der Waals surface area contributed by atoms with E-state index < -0.39 is 5.97 Å². The van der Waals surface area contributed by atoms with Crippen LogP contribution < -0.4 is 4.74 Å². The number of ether oxygens (including phenoxy) is 1. The fraction of sp³-hybridized carbons (Fsp3) is 0.188. The molecular formula is C16H15N3O4. The number of rotatable bonds is 5. The molecule has 0 unspecified atom stereocenters. The van der Waals surface area contributed by atoms with Gasteiger partial charge in [-0.25, -0.2) is 9.78 Å². The minimum absolute atomic E-state index is 0.117. The Kier molecular flexibility index (Phi) is 3.84. The Bertz CT molecular complexity index is 833. The predicted octanol–water partition coefficient (Wildman–Crippen LogP) is 2.66. The molecule has 3 rings (SSSR count). The lowest BCUT2D eigenvalue weighted by molar-refractivity contribution is 0.0663. The molecule has 0 aliphatic carbocycles. The molecule has 0 aromatic carbocycles. The molecule has 0 aliphatic heterocycles. The van der Waals surface area contributed by atoms with E-state index in [1.165, 1.54) is 6.07 Å². The van der Waals surface area contributed by atoms with Crippen LogP contribution in [-0.4, -0.2) is 25.8 Å². The van der Waals surface area contributed by atoms with E-state index in [9.17, 15) is 4.79 Å². The van der Waals surface area contributed by atoms with E-state index in [1.807, 2.05) is 20.0 Å². The lowest BCUT2D eigenvalue weighted by atomic mass is 10.3. The number of carbonyl (C=O) groups is 1. The van der Waals surface area contributed by atoms with Crippen molar-refractivity contribution in [3.8, 4) is 17.2 Å². The van der Waals surface area contributed by atoms with Crippen LogP contribution in [0.5, 0.6) is 5.75 Å². The number of aromatic nitrogens is 3. The van der Waals surface area contributed by atoms with Crippen LogP contribution in [0, 0.1) is 6.92 Å². The molecule has 0 amide bonds. The quantitative estimate of drug-likeness (QED) is 0.778. The molecule has 0 fully saturated rings. The van der Waals surface area contributed by atoms with E-state index >= 15 is 0 Å². The molecule has 0 spiro atoms. The normalized spacial score (nSPS) is 10.7. The highest BCUT2D eigenvalue weighted by molar-refractivity contribution is 5.85. The average molecular weight is 313 g/mol. The number of aryl methyl sites for hydroxylation is 2. The summed E-state index contributed by atoms with van der Waals surface area (Å²) in [7, 11) is 1.87. The van der Waals surface area contributed by atoms with Gasteiger partial charge >= 0.3 is 5.97 Å². The molecule has 3 aromatic rings. The number of pyridine rings is 1. The first-order valence-electron chi connectivity index (χ1n) is 6.95. The molecule has 0 saturated carbocycles. The summed E-state index contributed by atoms with van der Waals surface area (Å²) in [5.41, 5.74) is 2.44. The van der Waals surface area contributed by atoms with Crippen LogP contribution in [0.15, 0.2) is 40.9 Å². The molecule has 3 aromatic heterocycles. The number of furan rings is 1. The molecule has 7 heteroatoms. The highest BCUT2D eigenvalue weighted by Crippen LogP contribution is 2.22. The van der Waals surface area contributed by atoms with Gasteiger partial charge in [0.15, 0.2) is 5.76 Å². The second kappa shape index (κ2) is 5.96. The molecule has 23 heavy (non-hydrogen) atoms. The Morgan fingerprint density at radius 3 is 2.74 bits per heavy atom. The van der Waals surface area contributed by atoms with Gasteiger partial charge in [0, 0.05) is 7.05 Å². The van der Waals surface area contributed by atoms with Crippen molar-refractivity contribution < 1.29 is 19.1 Å². The topological polar surface area (TPSA) is 90.4 Å². The lowest BCUT2D eigenvalue weighted by Crippen LogP contribution is -2.03. The van der Waals surface area contributed by atoms with Crippen LogP contribution in [0.1, 0.15) is 21.9 Å². The summed E-state index contributed by atoms with van der Waals surface area (Å²) >= 11 is 0. The Labute approximate surface area is 132 Å². The molecule has 3 heterocycles. The van der Waals surface area contributed by atoms with Crippen molar-refractivity contribution in [1.29, 1.82) is 0 Å². The van der Waals surface area contributed by atoms with Crippen molar-refractivity contribution in [3.05, 3.63) is 53.7 Å². The standard InChI is InChI=1S/C16H15N3O4/c1-10-7-11(19(2)18-10)9-22-12-3-4-13(17-8-12)14-5-6-15(23-14)16(20)21/h3-8H,9H2,1-2H3,(H,20,21). The maximum atomic E-state index is 10.8. The third-order valence-electron chi connectivity index (χ3n) is 3.29. The highest BCUT2D eigenvalue weighted by Gasteiger charge is 2.11. The smallest absolute Gasteiger partial charge is 0.371 e. The summed E-state index contributed by atoms with van der Waals surface area (Å²) in [4.78, 5) is 15.0. The van der Waals surface area contributed by atoms with Gasteiger partial charge in [0.25, 0.3) is 0 Å². The fourth-order valence-corrected chi connectivity index (χ4v) is 2.16. The summed E-state index contributed by atoms with van der Waals surface area (Å²) < 4.78 is 12.6. The van der Waals surface area contributed by atoms with E-state index in [0.29, 0.717) is 23.8 Å². The number of nitrogens with zero attached hydrogens (tertiary/aromatic N) is 3. The zero-order chi connectivity index (χ0) is 16.4. The van der Waals surface area contributed by atoms with Gasteiger partial charge in [-0.1, -0.05) is 0 Å². The Morgan fingerprint density at radius 1 is 1.35 bits per heavy atom. The number of hydrogen-bond donors (Lipinski definition) is 1. The number of carboxylic acid groups (broad SMARTS) is 1. The van der Waals surface area contributed by atoms with Crippen molar-refractivity contribution in [2.24, 2.45) is 7.05 Å². The minimum atomic E-state index is -1.11. The average Bonchev–Trinajstić information content (AvgIpc) is 3.13. The molecule has 0 aliphatic rings. The number of aromatic carboxylic acids is 1. The molecule has 0 saturated heterocycles. The van der Waals surface area contributed by atoms with Crippen LogP contribution in [0.25, 0.3) is 11.5 Å². The summed E-state index contributed by atoms with van der Waals surface area (Å²) in [5.74, 6) is -0.217. The summed E-state index contributed by atoms with van der Waals surface area (Å²) in [6, 6.07) is 8.40. The van der Waals surface area contributed by atoms with Gasteiger partial charge < -0.3 is 14.3 Å². The third-order valence-corrected chi connectivity index (χ3v) is 3.29. The van der Waals surface area contributed by atoms with Gasteiger partial charge in [-0.05, 0) is 37.3 Å². The molecule has 118 valence electrons. The van der Waals surface area contributed by atoms with Crippen molar-refractivity contribution >= 4 is 5.97 Å². The highest BCUT2D eigenvalue weighted by atomic mass is 16.5. The minimum Gasteiger partial charge on any atom is -0.486 e. The van der Waals surface area contributed by atoms with E-state index in [2.05, 4.69) is 10.1 Å². The first-order valence-corrected chi connectivity index (χ1v) is 6.95. The van der Waals surface area contributed by atoms with Crippen LogP contribution >= 0.6 is 0 Å². The van der Waals surface area contributed by atoms with Crippen LogP contribution in [-0.2, 0) is 13.7 Å². The second-order valence-electron chi connectivity index (χ2n) is 5.04. The van der Waals surface area contributed by atoms with Crippen molar-refractivity contribution in [3.63, 3.8) is 0 Å². The lowest BCUT2D eigenvalue weighted by Gasteiger charge is -2.06. The Balaban J connectivity index is 1.69. The Hall–Kier alpha value is -3.09. The first-order chi connectivity index (χ1) is 11.0. The van der Waals surface area contributed by atoms with Gasteiger partial charge in [0.05, 0.1) is 17.6 Å². The van der Waals surface area contributed by atoms with E-state index in [4.69, 9.17) is 14.3 Å². The van der Waals surface area contributed by atoms with Gasteiger partial charge in [0.1, 0.15) is 18.1 Å². The molecule has 0 atom stereocenters. The zero-order valence-electron chi connectivity index (χ0n) is 12.7. The van der Waals surface area contributed by atoms with Crippen molar-refractivity contribution in [2.75, 3.05) is 0 Å². The summed E-state index contributed by atoms with van der Waals surface area (Å²) in [6.07, 6.45) is 1.57. The summed E-state index contributed by atoms with van der Waals surface area (Å²) in [5, 5.41) is 13.1. The monoisotopic (exact) mass is 313 g/mol. The van der Waals surface area contributed by atoms with E-state index in [1.54, 1.807) is 29.1 Å². The zero-order valence-corrected chi connectivity index (χ0v) is 12.7. The van der Waals surface area contributed by atoms with E-state index in [0.717, 1.165) is 11.4 Å². The van der Waals surface area contributed by atoms with Crippen LogP contribution in [0.4, 0.5) is 0 Å². The van der Waals surface area contributed by atoms with E-state index in [-0.39, 0.29) is 5.76 Å². The van der Waals surface area contributed by atoms with Gasteiger partial charge in [-0.2, -0.15) is 5.10 Å². The second-order valence-corrected chi connectivity index (χ2v) is 5.04. The van der Waals surface area contributed by atoms with Gasteiger partial charge in [0.2, 0.25) is 5.76 Å². The van der Waals surface area contributed by atoms with Crippen LogP contribution in [0.2, 0.25) is 0 Å². The fourth-order valence-electron chi connectivity index (χ4n) is 2.16. The largest absolute Gasteiger partial charge is 0.486 e. The molecule has 7 nitrogen and oxygen atoms in total. The molecule has 0 radical (unpaired) electrons.